The Bertz CT molecular complexity index is 1360. The van der Waals surface area contributed by atoms with Gasteiger partial charge in [-0.3, -0.25) is 0 Å². The zero-order valence-electron chi connectivity index (χ0n) is 25.3. The highest BCUT2D eigenvalue weighted by Crippen LogP contribution is 2.07. The normalized spacial score (nSPS) is 10.5. The lowest BCUT2D eigenvalue weighted by Crippen LogP contribution is -2.56. The van der Waals surface area contributed by atoms with Crippen LogP contribution in [-0.2, 0) is 83.7 Å². The van der Waals surface area contributed by atoms with Gasteiger partial charge in [0.1, 0.15) is 0 Å². The minimum atomic E-state index is -3.30. The first-order chi connectivity index (χ1) is 21.0. The van der Waals surface area contributed by atoms with E-state index < -0.39 is 164 Å². The maximum atomic E-state index is 12.2. The molecule has 0 aliphatic rings. The molecule has 0 N–H and O–H groups in total. The largest absolute Gasteiger partial charge is 0.580 e. The molecule has 0 bridgehead atoms. The number of rotatable bonds is 20. The first-order valence-electron chi connectivity index (χ1n) is 12.3. The Labute approximate surface area is 291 Å². The molecule has 0 aliphatic carbocycles. The molecule has 0 rings (SSSR count). The molecule has 39 heteroatoms. The summed E-state index contributed by atoms with van der Waals surface area (Å²) in [7, 11) is -49.9. The zero-order chi connectivity index (χ0) is 37.1. The van der Waals surface area contributed by atoms with Gasteiger partial charge in [0.15, 0.2) is 9.04 Å². The van der Waals surface area contributed by atoms with Gasteiger partial charge < -0.3 is 83.7 Å². The van der Waals surface area contributed by atoms with Crippen LogP contribution in [0.1, 0.15) is 0 Å². The quantitative estimate of drug-likeness (QED) is 0.102. The zero-order valence-corrected chi connectivity index (χ0v) is 46.4. The highest BCUT2D eigenvalue weighted by atomic mass is 30.0. The lowest BCUT2D eigenvalue weighted by atomic mass is 11.9. The topological polar surface area (TPSA) is 301 Å². The Morgan fingerprint density at radius 2 is 0.913 bits per heavy atom. The van der Waals surface area contributed by atoms with E-state index in [9.17, 15) is 71.4 Å². The SMILES string of the molecule is C[SiH](C)O[Si](=O)[SiH]=O.C[SiH](C)O[Si](C)(C)[Si](=O)[Si](=O)[Si](=O)[Si](=O)[Si](=O)[SiH]=O.C[SiH](O[Si](=O)[Si](=O)[Si](=O)[Si](=O)[SiH]=O)[Si](=O)[Si](=O)[SiH]=O. The summed E-state index contributed by atoms with van der Waals surface area (Å²) >= 11 is 0. The molecule has 0 fully saturated rings. The maximum absolute atomic E-state index is 12.2. The summed E-state index contributed by atoms with van der Waals surface area (Å²) in [5.41, 5.74) is 0. The van der Waals surface area contributed by atoms with Crippen molar-refractivity contribution in [1.29, 1.82) is 0 Å². The molecule has 0 saturated carbocycles. The minimum Gasteiger partial charge on any atom is -0.580 e. The van der Waals surface area contributed by atoms with E-state index in [1.807, 2.05) is 26.2 Å². The summed E-state index contributed by atoms with van der Waals surface area (Å²) in [6.07, 6.45) is 0. The highest BCUT2D eigenvalue weighted by molar-refractivity contribution is 7.71. The molecule has 0 spiro atoms. The summed E-state index contributed by atoms with van der Waals surface area (Å²) < 4.78 is 193. The van der Waals surface area contributed by atoms with E-state index in [4.69, 9.17) is 12.3 Å². The summed E-state index contributed by atoms with van der Waals surface area (Å²) in [6.45, 7) is 12.1. The molecular formula is C7H28O19Si20. The van der Waals surface area contributed by atoms with Crippen LogP contribution in [0.5, 0.6) is 0 Å². The van der Waals surface area contributed by atoms with Crippen molar-refractivity contribution in [2.45, 2.75) is 45.8 Å². The molecule has 19 nitrogen and oxygen atoms in total. The third kappa shape index (κ3) is 21.0. The van der Waals surface area contributed by atoms with Crippen molar-refractivity contribution < 1.29 is 83.7 Å². The predicted molar refractivity (Wildman–Crippen MR) is 180 cm³/mol. The highest BCUT2D eigenvalue weighted by Gasteiger charge is 2.49. The fraction of sp³-hybridized carbons (Fsp3) is 1.00. The molecule has 0 aromatic heterocycles. The van der Waals surface area contributed by atoms with Gasteiger partial charge in [0.05, 0.1) is 0 Å². The third-order valence-corrected chi connectivity index (χ3v) is 104. The number of hydrogen-bond donors (Lipinski definition) is 0. The van der Waals surface area contributed by atoms with E-state index in [0.717, 1.165) is 0 Å². The van der Waals surface area contributed by atoms with Crippen molar-refractivity contribution in [2.24, 2.45) is 0 Å². The van der Waals surface area contributed by atoms with Crippen LogP contribution < -0.4 is 0 Å². The summed E-state index contributed by atoms with van der Waals surface area (Å²) in [5.74, 6) is 0. The van der Waals surface area contributed by atoms with Gasteiger partial charge >= 0.3 is 130 Å². The first kappa shape index (κ1) is 51.1. The van der Waals surface area contributed by atoms with Crippen LogP contribution >= 0.6 is 0 Å². The van der Waals surface area contributed by atoms with Gasteiger partial charge in [0, 0.05) is 0 Å². The fourth-order valence-electron chi connectivity index (χ4n) is 2.33. The Kier molecular flexibility index (Phi) is 29.4. The standard InChI is InChI=1S/C4H14O7Si8.C2H8O3Si3.CH6O9Si9/c1-13(2)11-19(3,4)18(10)17(9)16(8)15(7)14(6)12-5;1-7(2)5-8(4)6-3;1-13(17(7)15(5)11-2)10-14(4)18(8)19(9)16(6)12-3/h12-13H,1-4H3;6-7H,1-2H3;11-13H,1H3. The van der Waals surface area contributed by atoms with Crippen molar-refractivity contribution in [3.8, 4) is 0 Å². The van der Waals surface area contributed by atoms with Gasteiger partial charge in [0.25, 0.3) is 8.56 Å². The molecule has 250 valence electrons. The van der Waals surface area contributed by atoms with Crippen LogP contribution in [-0.4, -0.2) is 164 Å². The molecule has 0 radical (unpaired) electrons. The lowest BCUT2D eigenvalue weighted by Gasteiger charge is -2.21. The molecule has 0 saturated heterocycles. The second-order valence-electron chi connectivity index (χ2n) is 9.11. The molecule has 46 heavy (non-hydrogen) atoms. The van der Waals surface area contributed by atoms with Crippen molar-refractivity contribution in [3.05, 3.63) is 0 Å². The Morgan fingerprint density at radius 1 is 0.500 bits per heavy atom. The van der Waals surface area contributed by atoms with Crippen LogP contribution in [0.25, 0.3) is 0 Å². The molecule has 0 heterocycles. The van der Waals surface area contributed by atoms with Gasteiger partial charge in [-0.2, -0.15) is 0 Å². The third-order valence-electron chi connectivity index (χ3n) is 4.20. The van der Waals surface area contributed by atoms with Gasteiger partial charge in [-0.05, 0) is 45.8 Å². The van der Waals surface area contributed by atoms with Crippen molar-refractivity contribution >= 4 is 164 Å². The Balaban J connectivity index is -0.000000653. The van der Waals surface area contributed by atoms with E-state index in [2.05, 4.69) is 0 Å². The molecular weight excluding hydrogens is 950 g/mol. The van der Waals surface area contributed by atoms with Gasteiger partial charge in [-0.1, -0.05) is 0 Å². The molecule has 0 aromatic rings. The summed E-state index contributed by atoms with van der Waals surface area (Å²) in [4.78, 5) is 0. The van der Waals surface area contributed by atoms with Gasteiger partial charge in [-0.15, -0.1) is 0 Å². The van der Waals surface area contributed by atoms with Crippen molar-refractivity contribution in [1.82, 2.24) is 0 Å². The average molecular weight is 978 g/mol. The molecule has 0 amide bonds. The molecule has 1 atom stereocenters. The maximum Gasteiger partial charge on any atom is 0.532 e. The van der Waals surface area contributed by atoms with Crippen LogP contribution in [0.4, 0.5) is 0 Å². The fourth-order valence-corrected chi connectivity index (χ4v) is 121. The van der Waals surface area contributed by atoms with Crippen LogP contribution in [0.3, 0.4) is 0 Å². The average Bonchev–Trinajstić information content (AvgIpc) is 3.00. The first-order valence-corrected chi connectivity index (χ1v) is 59.0. The van der Waals surface area contributed by atoms with Crippen molar-refractivity contribution in [2.75, 3.05) is 0 Å². The van der Waals surface area contributed by atoms with E-state index in [0.29, 0.717) is 0 Å². The second-order valence-corrected chi connectivity index (χ2v) is 85.5. The molecule has 1 unspecified atom stereocenters. The predicted octanol–water partition coefficient (Wildman–Crippen LogP) is -7.51. The van der Waals surface area contributed by atoms with E-state index >= 15 is 0 Å². The van der Waals surface area contributed by atoms with Gasteiger partial charge in [-0.25, -0.2) is 0 Å². The Hall–Kier alpha value is 0.698. The van der Waals surface area contributed by atoms with Crippen LogP contribution in [0.15, 0.2) is 0 Å². The minimum absolute atomic E-state index is 1.18. The van der Waals surface area contributed by atoms with E-state index in [1.54, 1.807) is 13.1 Å². The second kappa shape index (κ2) is 26.5. The van der Waals surface area contributed by atoms with E-state index in [1.165, 1.54) is 6.55 Å². The molecule has 0 aliphatic heterocycles. The summed E-state index contributed by atoms with van der Waals surface area (Å²) in [6, 6.07) is 0. The monoisotopic (exact) mass is 976 g/mol. The van der Waals surface area contributed by atoms with E-state index in [-0.39, 0.29) is 0 Å². The smallest absolute Gasteiger partial charge is 0.532 e. The van der Waals surface area contributed by atoms with Crippen LogP contribution in [0.2, 0.25) is 45.8 Å². The Morgan fingerprint density at radius 3 is 1.24 bits per heavy atom. The summed E-state index contributed by atoms with van der Waals surface area (Å²) in [5, 5.41) is 0. The number of hydrogen-bond acceptors (Lipinski definition) is 19. The van der Waals surface area contributed by atoms with Crippen LogP contribution in [0, 0.1) is 0 Å². The van der Waals surface area contributed by atoms with Gasteiger partial charge in [0.2, 0.25) is 16.9 Å². The lowest BCUT2D eigenvalue weighted by molar-refractivity contribution is 0.471. The molecule has 0 aromatic carbocycles. The van der Waals surface area contributed by atoms with Crippen molar-refractivity contribution in [3.63, 3.8) is 0 Å².